The topological polar surface area (TPSA) is 102 Å². The lowest BCUT2D eigenvalue weighted by Crippen LogP contribution is -2.12. The first-order chi connectivity index (χ1) is 13.0. The average molecular weight is 393 g/mol. The number of nitrogens with one attached hydrogen (secondary N) is 1. The van der Waals surface area contributed by atoms with E-state index in [0.717, 1.165) is 19.9 Å². The molecule has 0 aromatic carbocycles. The minimum absolute atomic E-state index is 0.0452. The molecule has 0 saturated heterocycles. The molecule has 3 rings (SSSR count). The summed E-state index contributed by atoms with van der Waals surface area (Å²) in [7, 11) is 0. The molecule has 3 heterocycles. The Morgan fingerprint density at radius 2 is 1.61 bits per heavy atom. The Kier molecular flexibility index (Phi) is 4.84. The zero-order chi connectivity index (χ0) is 20.5. The highest BCUT2D eigenvalue weighted by Gasteiger charge is 2.27. The molecule has 146 valence electrons. The highest BCUT2D eigenvalue weighted by atomic mass is 19.3. The van der Waals surface area contributed by atoms with E-state index >= 15 is 0 Å². The van der Waals surface area contributed by atoms with E-state index in [1.54, 1.807) is 0 Å². The second kappa shape index (κ2) is 6.98. The molecule has 11 heteroatoms. The van der Waals surface area contributed by atoms with Gasteiger partial charge in [-0.15, -0.1) is 0 Å². The minimum atomic E-state index is -3.14. The van der Waals surface area contributed by atoms with Crippen LogP contribution in [-0.2, 0) is 11.8 Å². The molecule has 3 aromatic rings. The summed E-state index contributed by atoms with van der Waals surface area (Å²) in [5, 5.41) is 2.72. The van der Waals surface area contributed by atoms with Gasteiger partial charge >= 0.3 is 0 Å². The zero-order valence-corrected chi connectivity index (χ0v) is 14.8. The maximum absolute atomic E-state index is 13.5. The van der Waals surface area contributed by atoms with Crippen LogP contribution in [-0.4, -0.2) is 24.9 Å². The Bertz CT molecular complexity index is 999. The number of nitrogen functional groups attached to an aromatic ring is 1. The number of rotatable bonds is 5. The second-order valence-electron chi connectivity index (χ2n) is 6.08. The number of pyridine rings is 2. The van der Waals surface area contributed by atoms with Crippen molar-refractivity contribution in [1.82, 2.24) is 24.9 Å². The fourth-order valence-electron chi connectivity index (χ4n) is 2.24. The predicted octanol–water partition coefficient (Wildman–Crippen LogP) is 3.88. The van der Waals surface area contributed by atoms with Gasteiger partial charge in [-0.3, -0.25) is 4.98 Å². The van der Waals surface area contributed by atoms with E-state index in [2.05, 4.69) is 30.2 Å². The summed E-state index contributed by atoms with van der Waals surface area (Å²) < 4.78 is 53.9. The van der Waals surface area contributed by atoms with Crippen LogP contribution in [0.5, 0.6) is 0 Å². The summed E-state index contributed by atoms with van der Waals surface area (Å²) in [6.45, 7) is 1.44. The Balaban J connectivity index is 1.95. The van der Waals surface area contributed by atoms with Crippen molar-refractivity contribution >= 4 is 17.6 Å². The highest BCUT2D eigenvalue weighted by Crippen LogP contribution is 2.28. The lowest BCUT2D eigenvalue weighted by Gasteiger charge is -2.12. The van der Waals surface area contributed by atoms with Crippen molar-refractivity contribution < 1.29 is 17.6 Å². The van der Waals surface area contributed by atoms with Crippen LogP contribution >= 0.6 is 0 Å². The number of anilines is 3. The van der Waals surface area contributed by atoms with E-state index in [-0.39, 0.29) is 29.1 Å². The molecule has 0 fully saturated rings. The van der Waals surface area contributed by atoms with Crippen LogP contribution in [0.25, 0.3) is 11.5 Å². The van der Waals surface area contributed by atoms with Crippen LogP contribution in [0, 0.1) is 0 Å². The molecule has 0 spiro atoms. The van der Waals surface area contributed by atoms with Crippen LogP contribution in [0.3, 0.4) is 0 Å². The Hall–Kier alpha value is -3.37. The van der Waals surface area contributed by atoms with Crippen LogP contribution in [0.4, 0.5) is 35.1 Å². The number of halogens is 4. The van der Waals surface area contributed by atoms with Crippen molar-refractivity contribution in [2.24, 2.45) is 0 Å². The molecule has 28 heavy (non-hydrogen) atoms. The molecule has 0 saturated carbocycles. The quantitative estimate of drug-likeness (QED) is 0.634. The first-order valence-electron chi connectivity index (χ1n) is 8.01. The van der Waals surface area contributed by atoms with Crippen molar-refractivity contribution in [3.05, 3.63) is 47.9 Å². The van der Waals surface area contributed by atoms with Crippen LogP contribution in [0.1, 0.15) is 25.2 Å². The van der Waals surface area contributed by atoms with Gasteiger partial charge in [-0.2, -0.15) is 32.5 Å². The van der Waals surface area contributed by atoms with Crippen LogP contribution in [0.2, 0.25) is 0 Å². The van der Waals surface area contributed by atoms with E-state index < -0.39 is 23.2 Å². The lowest BCUT2D eigenvalue weighted by atomic mass is 10.2. The van der Waals surface area contributed by atoms with Gasteiger partial charge in [0.1, 0.15) is 17.1 Å². The predicted molar refractivity (Wildman–Crippen MR) is 94.1 cm³/mol. The molecule has 7 nitrogen and oxygen atoms in total. The molecule has 0 aliphatic rings. The van der Waals surface area contributed by atoms with Crippen molar-refractivity contribution in [3.8, 4) is 11.5 Å². The van der Waals surface area contributed by atoms with Gasteiger partial charge in [0.2, 0.25) is 11.9 Å². The third-order valence-corrected chi connectivity index (χ3v) is 3.55. The molecule has 0 aliphatic heterocycles. The van der Waals surface area contributed by atoms with Gasteiger partial charge in [0.15, 0.2) is 5.82 Å². The monoisotopic (exact) mass is 393 g/mol. The summed E-state index contributed by atoms with van der Waals surface area (Å²) in [5.41, 5.74) is 5.06. The largest absolute Gasteiger partial charge is 0.368 e. The summed E-state index contributed by atoms with van der Waals surface area (Å²) in [6.07, 6.45) is 1.20. The first kappa shape index (κ1) is 19.4. The summed E-state index contributed by atoms with van der Waals surface area (Å²) >= 11 is 0. The molecule has 3 N–H and O–H groups in total. The number of hydrogen-bond donors (Lipinski definition) is 2. The maximum Gasteiger partial charge on any atom is 0.287 e. The number of alkyl halides is 4. The Morgan fingerprint density at radius 1 is 0.893 bits per heavy atom. The van der Waals surface area contributed by atoms with Gasteiger partial charge in [0.05, 0.1) is 0 Å². The van der Waals surface area contributed by atoms with E-state index in [0.29, 0.717) is 0 Å². The van der Waals surface area contributed by atoms with Crippen molar-refractivity contribution in [2.45, 2.75) is 25.7 Å². The average Bonchev–Trinajstić information content (AvgIpc) is 2.60. The molecule has 0 aliphatic carbocycles. The summed E-state index contributed by atoms with van der Waals surface area (Å²) in [4.78, 5) is 19.3. The van der Waals surface area contributed by atoms with Crippen LogP contribution < -0.4 is 11.1 Å². The van der Waals surface area contributed by atoms with E-state index in [4.69, 9.17) is 5.73 Å². The van der Waals surface area contributed by atoms with Crippen molar-refractivity contribution in [2.75, 3.05) is 11.1 Å². The smallest absolute Gasteiger partial charge is 0.287 e. The number of hydrogen-bond acceptors (Lipinski definition) is 7. The summed E-state index contributed by atoms with van der Waals surface area (Å²) in [5.74, 6) is -6.57. The first-order valence-corrected chi connectivity index (χ1v) is 8.01. The maximum atomic E-state index is 13.5. The third kappa shape index (κ3) is 4.48. The Morgan fingerprint density at radius 3 is 2.29 bits per heavy atom. The fraction of sp³-hybridized carbons (Fsp3) is 0.235. The van der Waals surface area contributed by atoms with E-state index in [9.17, 15) is 17.6 Å². The minimum Gasteiger partial charge on any atom is -0.368 e. The highest BCUT2D eigenvalue weighted by molar-refractivity contribution is 5.58. The molecule has 0 bridgehead atoms. The van der Waals surface area contributed by atoms with Gasteiger partial charge in [0, 0.05) is 25.7 Å². The molecule has 0 amide bonds. The number of nitrogens with two attached hydrogens (primary N) is 1. The standard InChI is InChI=1S/C17H15F4N7/c1-16(18,19)11-5-3-4-10(25-11)13-26-14(22)28-15(27-13)24-9-6-7-23-12(8-9)17(2,20)21/h3-8H,1-2H3,(H3,22,23,24,26,27,28). The van der Waals surface area contributed by atoms with Gasteiger partial charge < -0.3 is 11.1 Å². The molecule has 0 unspecified atom stereocenters. The number of aromatic nitrogens is 5. The van der Waals surface area contributed by atoms with Gasteiger partial charge in [-0.1, -0.05) is 6.07 Å². The molecule has 0 atom stereocenters. The van der Waals surface area contributed by atoms with Gasteiger partial charge in [-0.25, -0.2) is 4.98 Å². The third-order valence-electron chi connectivity index (χ3n) is 3.55. The zero-order valence-electron chi connectivity index (χ0n) is 14.8. The molecular weight excluding hydrogens is 378 g/mol. The SMILES string of the molecule is CC(F)(F)c1cc(Nc2nc(N)nc(-c3cccc(C(C)(F)F)n3)n2)ccn1. The second-order valence-corrected chi connectivity index (χ2v) is 6.08. The van der Waals surface area contributed by atoms with Crippen molar-refractivity contribution in [1.29, 1.82) is 0 Å². The van der Waals surface area contributed by atoms with Crippen LogP contribution in [0.15, 0.2) is 36.5 Å². The number of nitrogens with zero attached hydrogens (tertiary/aromatic N) is 5. The lowest BCUT2D eigenvalue weighted by molar-refractivity contribution is 0.0122. The molecule has 3 aromatic heterocycles. The van der Waals surface area contributed by atoms with E-state index in [1.165, 1.54) is 30.5 Å². The van der Waals surface area contributed by atoms with Gasteiger partial charge in [-0.05, 0) is 24.3 Å². The molecular formula is C17H15F4N7. The van der Waals surface area contributed by atoms with Crippen molar-refractivity contribution in [3.63, 3.8) is 0 Å². The Labute approximate surface area is 157 Å². The summed E-state index contributed by atoms with van der Waals surface area (Å²) in [6, 6.07) is 6.58. The normalized spacial score (nSPS) is 12.1. The van der Waals surface area contributed by atoms with Gasteiger partial charge in [0.25, 0.3) is 11.8 Å². The van der Waals surface area contributed by atoms with E-state index in [1.807, 2.05) is 0 Å². The fourth-order valence-corrected chi connectivity index (χ4v) is 2.24. The molecule has 0 radical (unpaired) electrons.